The van der Waals surface area contributed by atoms with E-state index in [2.05, 4.69) is 96.4 Å². The fourth-order valence-corrected chi connectivity index (χ4v) is 9.63. The van der Waals surface area contributed by atoms with Crippen molar-refractivity contribution in [2.24, 2.45) is 38.7 Å². The Balaban J connectivity index is -0.000000357. The lowest BCUT2D eigenvalue weighted by atomic mass is 10.2. The number of benzene rings is 6. The van der Waals surface area contributed by atoms with E-state index in [9.17, 15) is 38.4 Å². The second-order valence-electron chi connectivity index (χ2n) is 26.6. The van der Waals surface area contributed by atoms with Gasteiger partial charge >= 0.3 is 33.8 Å². The van der Waals surface area contributed by atoms with E-state index < -0.39 is 0 Å². The van der Waals surface area contributed by atoms with Crippen LogP contribution in [-0.2, 0) is 33.3 Å². The van der Waals surface area contributed by atoms with E-state index in [1.807, 2.05) is 132 Å². The third-order valence-corrected chi connectivity index (χ3v) is 17.8. The van der Waals surface area contributed by atoms with Crippen LogP contribution in [0.25, 0.3) is 65.8 Å². The number of thioether (sulfide) groups is 3. The molecule has 0 saturated heterocycles. The zero-order valence-electron chi connectivity index (χ0n) is 85.2. The fourth-order valence-electron chi connectivity index (χ4n) is 9.40. The number of guanidine groups is 2. The number of nitrogens with two attached hydrogens (primary N) is 5. The molecular weight excluding hydrogens is 1960 g/mol. The van der Waals surface area contributed by atoms with Crippen LogP contribution in [0.1, 0.15) is 80.6 Å². The van der Waals surface area contributed by atoms with Gasteiger partial charge in [-0.15, -0.1) is 0 Å². The molecule has 0 aliphatic rings. The van der Waals surface area contributed by atoms with Crippen molar-refractivity contribution >= 4 is 165 Å². The molecule has 12 aromatic rings. The van der Waals surface area contributed by atoms with Crippen LogP contribution in [0.4, 0.5) is 0 Å². The number of nitrogens with one attached hydrogen (secondary N) is 4. The topological polar surface area (TPSA) is 629 Å². The van der Waals surface area contributed by atoms with E-state index in [4.69, 9.17) is 126 Å². The van der Waals surface area contributed by atoms with Gasteiger partial charge in [0.25, 0.3) is 18.8 Å². The van der Waals surface area contributed by atoms with Gasteiger partial charge in [0.1, 0.15) is 56.2 Å². The maximum atomic E-state index is 10.8. The molecule has 6 heterocycles. The number of aliphatic imine (C=N–C) groups is 2. The minimum atomic E-state index is -0.302. The maximum Gasteiger partial charge on any atom is 0.336 e. The number of methoxy groups -OCH3 is 5. The van der Waals surface area contributed by atoms with Crippen molar-refractivity contribution in [3.8, 4) is 35.0 Å². The zero-order chi connectivity index (χ0) is 111. The van der Waals surface area contributed by atoms with Gasteiger partial charge in [0, 0.05) is 122 Å². The second kappa shape index (κ2) is 98.9. The predicted molar refractivity (Wildman–Crippen MR) is 592 cm³/mol. The highest BCUT2D eigenvalue weighted by Gasteiger charge is 2.04. The molecular formula is C101H136N20O19S5. The number of Topliss-reactive ketones (excluding diaryl/α,β-unsaturated/α-hetero) is 1. The number of fused-ring (bicyclic) bond motifs is 6. The molecule has 12 rings (SSSR count). The number of thiocyanates is 3. The summed E-state index contributed by atoms with van der Waals surface area (Å²) < 4.78 is 50.6. The minimum absolute atomic E-state index is 0.0415. The summed E-state index contributed by atoms with van der Waals surface area (Å²) in [6, 6.07) is 63.5. The average Bonchev–Trinajstić information content (AvgIpc) is 0.881. The Hall–Kier alpha value is -15.3. The molecule has 0 aliphatic carbocycles. The van der Waals surface area contributed by atoms with Gasteiger partial charge in [-0.25, -0.2) is 33.8 Å². The quantitative estimate of drug-likeness (QED) is 0.00760. The molecule has 0 bridgehead atoms. The van der Waals surface area contributed by atoms with Gasteiger partial charge < -0.3 is 99.7 Å². The molecule has 44 heteroatoms. The monoisotopic (exact) mass is 2090 g/mol. The third kappa shape index (κ3) is 84.1. The highest BCUT2D eigenvalue weighted by molar-refractivity contribution is 8.03. The summed E-state index contributed by atoms with van der Waals surface area (Å²) in [6.45, 7) is 23.9. The lowest BCUT2D eigenvalue weighted by molar-refractivity contribution is -0.121. The Morgan fingerprint density at radius 2 is 0.662 bits per heavy atom. The Bertz CT molecular complexity index is 5440. The molecule has 0 fully saturated rings. The Morgan fingerprint density at radius 3 is 0.834 bits per heavy atom. The van der Waals surface area contributed by atoms with Gasteiger partial charge in [-0.1, -0.05) is 163 Å². The summed E-state index contributed by atoms with van der Waals surface area (Å²) >= 11 is 13.1. The molecule has 145 heavy (non-hydrogen) atoms. The number of hydrogen-bond donors (Lipinski definition) is 9. The number of ether oxygens (including phenoxy) is 5. The average molecular weight is 2090 g/mol. The Kier molecular flexibility index (Phi) is 95.7. The first-order valence-electron chi connectivity index (χ1n) is 43.7. The molecule has 0 unspecified atom stereocenters. The van der Waals surface area contributed by atoms with Crippen LogP contribution in [0.15, 0.2) is 284 Å². The standard InChI is InChI=1S/6C9H6O2.C8H18N2O.C6H13N3S.C6H16N2.C6H15NO.C5H11N3OS.C4H9N3O.3C2H3NO.3C2H3NS/c6*10-9-6-5-7-3-1-2-4-8(7)11-9;1-4-10(5-2)7-6-8(11)9-3;1-9-6(10)4-2-3-5(7)8;1-4-8(5-2)6-7-3;1-4-7(5-2)6-8-3;1-9-4(10)2-3-8-5(6)7;1-3(8)2-7-4(5)6;6*1-4-2-3/h6*1-6H;4-7H2,1-3H3,(H,9,11);2-4H2,1H3,(H3,7,8)(H,9,10);7H,4-6H2,1-3H3;4-6H2,1-3H3;2-3H2,1H3,(H4,6,7,8);2H2,1H3,(H4,5,6,7);6*1H3. The lowest BCUT2D eigenvalue weighted by Gasteiger charge is -2.16. The van der Waals surface area contributed by atoms with Crippen molar-refractivity contribution in [3.05, 3.63) is 281 Å². The highest BCUT2D eigenvalue weighted by Crippen LogP contribution is 2.14. The number of carbonyl (C=O) groups excluding carboxylic acids is 2. The van der Waals surface area contributed by atoms with Crippen molar-refractivity contribution < 1.29 is 59.8 Å². The predicted octanol–water partition coefficient (Wildman–Crippen LogP) is 14.6. The van der Waals surface area contributed by atoms with Crippen LogP contribution >= 0.6 is 59.7 Å². The third-order valence-electron chi connectivity index (χ3n) is 16.5. The molecule has 0 atom stereocenters. The van der Waals surface area contributed by atoms with Crippen LogP contribution in [0, 0.1) is 72.0 Å². The van der Waals surface area contributed by atoms with E-state index >= 15 is 0 Å². The SMILES string of the molecule is CC(=O)CN=C(N)N.CCN(CC)CCC(=O)NC.CCN(CC)CNC.CCN(CC)COC.CNC(=S)CCCC(=N)N.COC#N.COC#N.COC#N.COC(=S)CCN=C(N)N.CSC#N.CSC#N.CSC#N.O=c1ccc2ccccc2o1.O=c1ccc2ccccc2o1.O=c1ccc2ccccc2o1.O=c1ccc2ccccc2o1.O=c1ccc2ccccc2o1.O=c1ccc2ccccc2o1. The number of nitriles is 6. The lowest BCUT2D eigenvalue weighted by Crippen LogP contribution is -2.31. The van der Waals surface area contributed by atoms with E-state index in [0.717, 1.165) is 145 Å². The van der Waals surface area contributed by atoms with E-state index in [0.29, 0.717) is 64.4 Å². The van der Waals surface area contributed by atoms with Crippen LogP contribution in [0.2, 0.25) is 0 Å². The molecule has 0 aliphatic heterocycles. The summed E-state index contributed by atoms with van der Waals surface area (Å²) in [5, 5.41) is 72.2. The minimum Gasteiger partial charge on any atom is -0.490 e. The van der Waals surface area contributed by atoms with Crippen LogP contribution in [0.3, 0.4) is 0 Å². The summed E-state index contributed by atoms with van der Waals surface area (Å²) in [5.41, 5.74) is 27.1. The molecule has 0 radical (unpaired) electrons. The molecule has 6 aromatic heterocycles. The number of ketones is 1. The molecule has 1 amide bonds. The number of para-hydroxylation sites is 6. The maximum absolute atomic E-state index is 10.8. The van der Waals surface area contributed by atoms with Crippen molar-refractivity contribution in [1.82, 2.24) is 30.7 Å². The van der Waals surface area contributed by atoms with Gasteiger partial charge in [-0.05, 0) is 205 Å². The number of amides is 1. The van der Waals surface area contributed by atoms with Crippen molar-refractivity contribution in [2.75, 3.05) is 148 Å². The molecule has 0 spiro atoms. The van der Waals surface area contributed by atoms with E-state index in [1.165, 1.54) is 90.5 Å². The van der Waals surface area contributed by atoms with Gasteiger partial charge in [0.05, 0.1) is 52.5 Å². The first-order valence-corrected chi connectivity index (χ1v) is 48.2. The first kappa shape index (κ1) is 140. The summed E-state index contributed by atoms with van der Waals surface area (Å²) in [5.74, 6) is 0.355. The first-order chi connectivity index (χ1) is 69.5. The number of thiocarbonyl (C=S) groups is 2. The summed E-state index contributed by atoms with van der Waals surface area (Å²) in [4.78, 5) is 100.0. The molecule has 6 aromatic carbocycles. The largest absolute Gasteiger partial charge is 0.490 e. The molecule has 14 N–H and O–H groups in total. The van der Waals surface area contributed by atoms with E-state index in [1.54, 1.807) is 113 Å². The van der Waals surface area contributed by atoms with Crippen molar-refractivity contribution in [1.29, 1.82) is 37.0 Å². The van der Waals surface area contributed by atoms with Gasteiger partial charge in [-0.2, -0.15) is 31.6 Å². The molecule has 784 valence electrons. The Labute approximate surface area is 869 Å². The van der Waals surface area contributed by atoms with Crippen LogP contribution in [-0.4, -0.2) is 202 Å². The number of nitrogens with zero attached hydrogens (tertiary/aromatic N) is 11. The Morgan fingerprint density at radius 1 is 0.400 bits per heavy atom. The van der Waals surface area contributed by atoms with E-state index in [-0.39, 0.29) is 69.7 Å². The van der Waals surface area contributed by atoms with Crippen LogP contribution < -0.4 is 78.4 Å². The van der Waals surface area contributed by atoms with Crippen LogP contribution in [0.5, 0.6) is 0 Å². The highest BCUT2D eigenvalue weighted by atomic mass is 32.2. The number of rotatable bonds is 22. The molecule has 39 nitrogen and oxygen atoms in total. The molecule has 0 saturated carbocycles. The van der Waals surface area contributed by atoms with Gasteiger partial charge in [0.15, 0.2) is 22.8 Å². The second-order valence-corrected chi connectivity index (χ2v) is 29.4. The zero-order valence-corrected chi connectivity index (χ0v) is 89.3. The van der Waals surface area contributed by atoms with Gasteiger partial charge in [-0.3, -0.25) is 29.8 Å². The summed E-state index contributed by atoms with van der Waals surface area (Å²) in [7, 11) is 12.6. The summed E-state index contributed by atoms with van der Waals surface area (Å²) in [6.07, 6.45) is 13.0. The fraction of sp³-hybridized carbons (Fsp3) is 0.337. The smallest absolute Gasteiger partial charge is 0.336 e. The number of carbonyl (C=O) groups is 2. The van der Waals surface area contributed by atoms with Gasteiger partial charge in [0.2, 0.25) is 5.91 Å². The van der Waals surface area contributed by atoms with Crippen molar-refractivity contribution in [2.45, 2.75) is 80.6 Å². The van der Waals surface area contributed by atoms with Crippen molar-refractivity contribution in [3.63, 3.8) is 0 Å². The number of amidine groups is 1. The number of hydrogen-bond acceptors (Lipinski definition) is 37. The normalized spacial score (nSPS) is 8.96.